The molecule has 102 valence electrons. The Morgan fingerprint density at radius 1 is 1.39 bits per heavy atom. The van der Waals surface area contributed by atoms with Gasteiger partial charge in [0.1, 0.15) is 0 Å². The van der Waals surface area contributed by atoms with Gasteiger partial charge in [0.25, 0.3) is 0 Å². The minimum atomic E-state index is 0.742. The van der Waals surface area contributed by atoms with Gasteiger partial charge in [-0.25, -0.2) is 0 Å². The first kappa shape index (κ1) is 13.6. The van der Waals surface area contributed by atoms with Crippen molar-refractivity contribution < 1.29 is 0 Å². The molecule has 0 bridgehead atoms. The quantitative estimate of drug-likeness (QED) is 0.787. The first-order valence-corrected chi connectivity index (χ1v) is 7.39. The highest BCUT2D eigenvalue weighted by Gasteiger charge is 2.24. The van der Waals surface area contributed by atoms with Gasteiger partial charge in [0.15, 0.2) is 0 Å². The summed E-state index contributed by atoms with van der Waals surface area (Å²) in [6, 6.07) is 0.742. The van der Waals surface area contributed by atoms with Crippen LogP contribution in [0, 0.1) is 18.8 Å². The first-order chi connectivity index (χ1) is 8.66. The molecule has 0 spiro atoms. The molecule has 1 fully saturated rings. The lowest BCUT2D eigenvalue weighted by Crippen LogP contribution is -2.39. The number of H-pyrrole nitrogens is 1. The van der Waals surface area contributed by atoms with Crippen molar-refractivity contribution in [2.45, 2.75) is 58.9 Å². The summed E-state index contributed by atoms with van der Waals surface area (Å²) in [7, 11) is 0. The number of nitrogens with one attached hydrogen (secondary N) is 2. The Bertz CT molecular complexity index is 358. The summed E-state index contributed by atoms with van der Waals surface area (Å²) in [6.07, 6.45) is 8.43. The van der Waals surface area contributed by atoms with Crippen LogP contribution in [0.1, 0.15) is 50.8 Å². The normalized spacial score (nSPS) is 28.5. The lowest BCUT2D eigenvalue weighted by molar-refractivity contribution is 0.228. The lowest BCUT2D eigenvalue weighted by Gasteiger charge is -2.33. The van der Waals surface area contributed by atoms with Gasteiger partial charge in [0.05, 0.1) is 6.20 Å². The molecule has 3 heteroatoms. The predicted octanol–water partition coefficient (Wildman–Crippen LogP) is 3.07. The molecule has 3 atom stereocenters. The van der Waals surface area contributed by atoms with Gasteiger partial charge in [-0.15, -0.1) is 0 Å². The first-order valence-electron chi connectivity index (χ1n) is 7.39. The van der Waals surface area contributed by atoms with Crippen LogP contribution in [-0.2, 0) is 6.42 Å². The van der Waals surface area contributed by atoms with E-state index >= 15 is 0 Å². The predicted molar refractivity (Wildman–Crippen MR) is 75.6 cm³/mol. The average molecular weight is 249 g/mol. The molecule has 1 aliphatic carbocycles. The minimum absolute atomic E-state index is 0.742. The third kappa shape index (κ3) is 3.58. The second kappa shape index (κ2) is 6.37. The van der Waals surface area contributed by atoms with Crippen molar-refractivity contribution in [3.63, 3.8) is 0 Å². The van der Waals surface area contributed by atoms with Gasteiger partial charge >= 0.3 is 0 Å². The van der Waals surface area contributed by atoms with Crippen LogP contribution in [0.3, 0.4) is 0 Å². The van der Waals surface area contributed by atoms with Gasteiger partial charge in [-0.2, -0.15) is 5.10 Å². The fourth-order valence-corrected chi connectivity index (χ4v) is 3.16. The molecule has 1 heterocycles. The van der Waals surface area contributed by atoms with Crippen molar-refractivity contribution in [1.82, 2.24) is 15.5 Å². The Balaban J connectivity index is 1.65. The summed E-state index contributed by atoms with van der Waals surface area (Å²) >= 11 is 0. The third-order valence-corrected chi connectivity index (χ3v) is 4.40. The van der Waals surface area contributed by atoms with Gasteiger partial charge in [-0.1, -0.05) is 13.8 Å². The van der Waals surface area contributed by atoms with E-state index in [4.69, 9.17) is 0 Å². The van der Waals surface area contributed by atoms with Crippen molar-refractivity contribution in [1.29, 1.82) is 0 Å². The zero-order chi connectivity index (χ0) is 13.0. The van der Waals surface area contributed by atoms with Crippen molar-refractivity contribution in [2.24, 2.45) is 11.8 Å². The smallest absolute Gasteiger partial charge is 0.0522 e. The van der Waals surface area contributed by atoms with Crippen LogP contribution in [0.25, 0.3) is 0 Å². The van der Waals surface area contributed by atoms with E-state index in [0.29, 0.717) is 0 Å². The van der Waals surface area contributed by atoms with Gasteiger partial charge in [-0.05, 0) is 63.0 Å². The van der Waals surface area contributed by atoms with Gasteiger partial charge in [-0.3, -0.25) is 5.10 Å². The Morgan fingerprint density at radius 3 is 2.89 bits per heavy atom. The standard InChI is InChI=1S/C15H27N3/c1-11-6-7-15(12(2)9-11)16-8-4-5-14-10-17-18-13(14)3/h10-12,15-16H,4-9H2,1-3H3,(H,17,18). The van der Waals surface area contributed by atoms with Gasteiger partial charge < -0.3 is 5.32 Å². The molecule has 1 aliphatic rings. The maximum absolute atomic E-state index is 4.07. The number of aryl methyl sites for hydroxylation is 2. The second-order valence-electron chi connectivity index (χ2n) is 6.08. The van der Waals surface area contributed by atoms with Crippen molar-refractivity contribution in [2.75, 3.05) is 6.54 Å². The summed E-state index contributed by atoms with van der Waals surface area (Å²) in [4.78, 5) is 0. The summed E-state index contributed by atoms with van der Waals surface area (Å²) in [5.41, 5.74) is 2.58. The van der Waals surface area contributed by atoms with E-state index in [2.05, 4.69) is 36.3 Å². The number of aromatic nitrogens is 2. The third-order valence-electron chi connectivity index (χ3n) is 4.40. The fraction of sp³-hybridized carbons (Fsp3) is 0.800. The summed E-state index contributed by atoms with van der Waals surface area (Å²) < 4.78 is 0. The number of nitrogens with zero attached hydrogens (tertiary/aromatic N) is 1. The number of hydrogen-bond acceptors (Lipinski definition) is 2. The van der Waals surface area contributed by atoms with E-state index in [1.54, 1.807) is 0 Å². The summed E-state index contributed by atoms with van der Waals surface area (Å²) in [5.74, 6) is 1.76. The minimum Gasteiger partial charge on any atom is -0.314 e. The Morgan fingerprint density at radius 2 is 2.22 bits per heavy atom. The van der Waals surface area contributed by atoms with Crippen LogP contribution < -0.4 is 5.32 Å². The molecule has 1 saturated carbocycles. The molecule has 3 nitrogen and oxygen atoms in total. The molecule has 18 heavy (non-hydrogen) atoms. The van der Waals surface area contributed by atoms with Crippen LogP contribution in [0.5, 0.6) is 0 Å². The van der Waals surface area contributed by atoms with Crippen molar-refractivity contribution >= 4 is 0 Å². The molecule has 2 rings (SSSR count). The Kier molecular flexibility index (Phi) is 4.81. The summed E-state index contributed by atoms with van der Waals surface area (Å²) in [6.45, 7) is 8.01. The number of rotatable bonds is 5. The van der Waals surface area contributed by atoms with Crippen LogP contribution >= 0.6 is 0 Å². The molecule has 0 aliphatic heterocycles. The fourth-order valence-electron chi connectivity index (χ4n) is 3.16. The van der Waals surface area contributed by atoms with Crippen molar-refractivity contribution in [3.05, 3.63) is 17.5 Å². The second-order valence-corrected chi connectivity index (χ2v) is 6.08. The van der Waals surface area contributed by atoms with Gasteiger partial charge in [0.2, 0.25) is 0 Å². The molecular weight excluding hydrogens is 222 g/mol. The Labute approximate surface area is 111 Å². The largest absolute Gasteiger partial charge is 0.314 e. The molecule has 1 aromatic heterocycles. The van der Waals surface area contributed by atoms with E-state index in [1.807, 2.05) is 6.20 Å². The zero-order valence-electron chi connectivity index (χ0n) is 12.0. The molecule has 0 saturated heterocycles. The number of hydrogen-bond donors (Lipinski definition) is 2. The molecule has 0 aromatic carbocycles. The monoisotopic (exact) mass is 249 g/mol. The van der Waals surface area contributed by atoms with E-state index in [9.17, 15) is 0 Å². The number of aromatic amines is 1. The highest BCUT2D eigenvalue weighted by Crippen LogP contribution is 2.28. The van der Waals surface area contributed by atoms with Gasteiger partial charge in [0, 0.05) is 11.7 Å². The van der Waals surface area contributed by atoms with Crippen LogP contribution in [0.2, 0.25) is 0 Å². The highest BCUT2D eigenvalue weighted by atomic mass is 15.1. The maximum Gasteiger partial charge on any atom is 0.0522 e. The Hall–Kier alpha value is -0.830. The van der Waals surface area contributed by atoms with E-state index in [-0.39, 0.29) is 0 Å². The molecule has 0 radical (unpaired) electrons. The molecule has 0 amide bonds. The highest BCUT2D eigenvalue weighted by molar-refractivity contribution is 5.14. The average Bonchev–Trinajstić information content (AvgIpc) is 2.73. The SMILES string of the molecule is Cc1[nH]ncc1CCCNC1CCC(C)CC1C. The van der Waals surface area contributed by atoms with E-state index < -0.39 is 0 Å². The maximum atomic E-state index is 4.07. The van der Waals surface area contributed by atoms with E-state index in [1.165, 1.54) is 36.9 Å². The zero-order valence-corrected chi connectivity index (χ0v) is 12.0. The lowest BCUT2D eigenvalue weighted by atomic mass is 9.80. The molecule has 2 N–H and O–H groups in total. The molecule has 3 unspecified atom stereocenters. The van der Waals surface area contributed by atoms with Crippen LogP contribution in [-0.4, -0.2) is 22.8 Å². The van der Waals surface area contributed by atoms with E-state index in [0.717, 1.165) is 30.8 Å². The van der Waals surface area contributed by atoms with Crippen molar-refractivity contribution in [3.8, 4) is 0 Å². The van der Waals surface area contributed by atoms with Crippen LogP contribution in [0.15, 0.2) is 6.20 Å². The topological polar surface area (TPSA) is 40.7 Å². The molecule has 1 aromatic rings. The van der Waals surface area contributed by atoms with Crippen LogP contribution in [0.4, 0.5) is 0 Å². The summed E-state index contributed by atoms with van der Waals surface area (Å²) in [5, 5.41) is 10.8. The molecular formula is C15H27N3.